The second-order valence-electron chi connectivity index (χ2n) is 3.34. The van der Waals surface area contributed by atoms with Gasteiger partial charge in [-0.1, -0.05) is 12.1 Å². The van der Waals surface area contributed by atoms with E-state index in [4.69, 9.17) is 0 Å². The van der Waals surface area contributed by atoms with E-state index in [1.807, 2.05) is 0 Å². The zero-order chi connectivity index (χ0) is 10.1. The average Bonchev–Trinajstić information content (AvgIpc) is 2.82. The molecule has 0 saturated heterocycles. The Bertz CT molecular complexity index is 587. The number of fused-ring (bicyclic) bond motifs is 1. The first-order valence-corrected chi connectivity index (χ1v) is 5.61. The molecule has 0 spiro atoms. The summed E-state index contributed by atoms with van der Waals surface area (Å²) in [5.41, 5.74) is 2.50. The highest BCUT2D eigenvalue weighted by Gasteiger charge is 1.99. The van der Waals surface area contributed by atoms with Crippen LogP contribution in [0.25, 0.3) is 21.9 Å². The minimum atomic E-state index is 1.13. The first kappa shape index (κ1) is 8.56. The maximum atomic E-state index is 3.89. The fourth-order valence-corrected chi connectivity index (χ4v) is 2.27. The number of thiophene rings is 1. The van der Waals surface area contributed by atoms with E-state index in [0.717, 1.165) is 10.8 Å². The molecule has 15 heavy (non-hydrogen) atoms. The second kappa shape index (κ2) is 3.44. The van der Waals surface area contributed by atoms with Crippen molar-refractivity contribution in [2.24, 2.45) is 0 Å². The molecule has 1 aromatic carbocycles. The van der Waals surface area contributed by atoms with E-state index < -0.39 is 0 Å². The van der Waals surface area contributed by atoms with Gasteiger partial charge in [-0.2, -0.15) is 21.5 Å². The number of hydrogen-bond acceptors (Lipinski definition) is 3. The van der Waals surface area contributed by atoms with Crippen LogP contribution in [0.15, 0.2) is 47.4 Å². The molecule has 0 aliphatic carbocycles. The van der Waals surface area contributed by atoms with Crippen molar-refractivity contribution in [1.29, 1.82) is 0 Å². The fourth-order valence-electron chi connectivity index (χ4n) is 1.60. The molecule has 0 fully saturated rings. The van der Waals surface area contributed by atoms with Crippen molar-refractivity contribution in [2.75, 3.05) is 0 Å². The highest BCUT2D eigenvalue weighted by molar-refractivity contribution is 7.08. The van der Waals surface area contributed by atoms with Crippen LogP contribution < -0.4 is 0 Å². The maximum absolute atomic E-state index is 3.89. The van der Waals surface area contributed by atoms with Gasteiger partial charge in [0, 0.05) is 10.8 Å². The third-order valence-corrected chi connectivity index (χ3v) is 3.08. The van der Waals surface area contributed by atoms with Crippen molar-refractivity contribution in [1.82, 2.24) is 10.2 Å². The molecule has 2 heterocycles. The fraction of sp³-hybridized carbons (Fsp3) is 0. The van der Waals surface area contributed by atoms with Crippen molar-refractivity contribution in [3.8, 4) is 11.1 Å². The molecule has 0 aliphatic heterocycles. The van der Waals surface area contributed by atoms with Crippen LogP contribution >= 0.6 is 11.3 Å². The van der Waals surface area contributed by atoms with Crippen LogP contribution in [0, 0.1) is 0 Å². The Morgan fingerprint density at radius 2 is 1.73 bits per heavy atom. The van der Waals surface area contributed by atoms with Crippen molar-refractivity contribution >= 4 is 22.1 Å². The normalized spacial score (nSPS) is 10.7. The Hall–Kier alpha value is -1.74. The standard InChI is InChI=1S/C12H8N2S/c1-2-10-6-13-14-7-12(10)5-9(1)11-3-4-15-8-11/h1-8H. The molecule has 3 aromatic rings. The van der Waals surface area contributed by atoms with E-state index in [0.29, 0.717) is 0 Å². The molecule has 3 heteroatoms. The molecule has 0 saturated carbocycles. The van der Waals surface area contributed by atoms with Crippen molar-refractivity contribution < 1.29 is 0 Å². The van der Waals surface area contributed by atoms with Crippen LogP contribution in [0.2, 0.25) is 0 Å². The molecule has 2 aromatic heterocycles. The van der Waals surface area contributed by atoms with E-state index in [2.05, 4.69) is 45.2 Å². The summed E-state index contributed by atoms with van der Waals surface area (Å²) >= 11 is 1.71. The number of nitrogens with zero attached hydrogens (tertiary/aromatic N) is 2. The van der Waals surface area contributed by atoms with Gasteiger partial charge in [0.25, 0.3) is 0 Å². The largest absolute Gasteiger partial charge is 0.158 e. The molecular formula is C12H8N2S. The first-order chi connectivity index (χ1) is 7.43. The number of rotatable bonds is 1. The Kier molecular flexibility index (Phi) is 1.96. The van der Waals surface area contributed by atoms with Gasteiger partial charge in [0.2, 0.25) is 0 Å². The van der Waals surface area contributed by atoms with Gasteiger partial charge in [0.05, 0.1) is 12.4 Å². The van der Waals surface area contributed by atoms with Crippen LogP contribution in [-0.2, 0) is 0 Å². The van der Waals surface area contributed by atoms with Gasteiger partial charge in [-0.05, 0) is 34.0 Å². The van der Waals surface area contributed by atoms with Gasteiger partial charge in [0.1, 0.15) is 0 Å². The SMILES string of the molecule is c1cc(-c2ccc3cnncc3c2)cs1. The molecule has 2 nitrogen and oxygen atoms in total. The van der Waals surface area contributed by atoms with Gasteiger partial charge in [0.15, 0.2) is 0 Å². The summed E-state index contributed by atoms with van der Waals surface area (Å²) in [7, 11) is 0. The summed E-state index contributed by atoms with van der Waals surface area (Å²) in [4.78, 5) is 0. The lowest BCUT2D eigenvalue weighted by Crippen LogP contribution is -1.81. The molecule has 0 radical (unpaired) electrons. The molecule has 0 N–H and O–H groups in total. The molecule has 0 bridgehead atoms. The van der Waals surface area contributed by atoms with Gasteiger partial charge in [-0.25, -0.2) is 0 Å². The van der Waals surface area contributed by atoms with Gasteiger partial charge < -0.3 is 0 Å². The average molecular weight is 212 g/mol. The number of benzene rings is 1. The third kappa shape index (κ3) is 1.51. The lowest BCUT2D eigenvalue weighted by molar-refractivity contribution is 1.05. The molecular weight excluding hydrogens is 204 g/mol. The first-order valence-electron chi connectivity index (χ1n) is 4.66. The summed E-state index contributed by atoms with van der Waals surface area (Å²) in [5.74, 6) is 0. The number of aromatic nitrogens is 2. The minimum Gasteiger partial charge on any atom is -0.158 e. The molecule has 3 rings (SSSR count). The molecule has 0 unspecified atom stereocenters. The molecule has 0 amide bonds. The maximum Gasteiger partial charge on any atom is 0.0574 e. The molecule has 0 aliphatic rings. The van der Waals surface area contributed by atoms with Crippen molar-refractivity contribution in [3.63, 3.8) is 0 Å². The number of hydrogen-bond donors (Lipinski definition) is 0. The van der Waals surface area contributed by atoms with Crippen molar-refractivity contribution in [2.45, 2.75) is 0 Å². The summed E-state index contributed by atoms with van der Waals surface area (Å²) in [6, 6.07) is 8.47. The molecule has 72 valence electrons. The van der Waals surface area contributed by atoms with Crippen LogP contribution in [0.1, 0.15) is 0 Å². The summed E-state index contributed by atoms with van der Waals surface area (Å²) in [5, 5.41) is 14.2. The summed E-state index contributed by atoms with van der Waals surface area (Å²) < 4.78 is 0. The summed E-state index contributed by atoms with van der Waals surface area (Å²) in [6.07, 6.45) is 3.58. The second-order valence-corrected chi connectivity index (χ2v) is 4.12. The Labute approximate surface area is 91.2 Å². The quantitative estimate of drug-likeness (QED) is 0.618. The van der Waals surface area contributed by atoms with Crippen LogP contribution in [0.4, 0.5) is 0 Å². The van der Waals surface area contributed by atoms with E-state index in [1.165, 1.54) is 11.1 Å². The predicted octanol–water partition coefficient (Wildman–Crippen LogP) is 3.36. The highest BCUT2D eigenvalue weighted by atomic mass is 32.1. The monoisotopic (exact) mass is 212 g/mol. The van der Waals surface area contributed by atoms with E-state index in [1.54, 1.807) is 23.7 Å². The van der Waals surface area contributed by atoms with Crippen LogP contribution in [-0.4, -0.2) is 10.2 Å². The minimum absolute atomic E-state index is 1.13. The molecule has 0 atom stereocenters. The Morgan fingerprint density at radius 1 is 0.867 bits per heavy atom. The van der Waals surface area contributed by atoms with E-state index in [-0.39, 0.29) is 0 Å². The smallest absolute Gasteiger partial charge is 0.0574 e. The predicted molar refractivity (Wildman–Crippen MR) is 62.9 cm³/mol. The zero-order valence-corrected chi connectivity index (χ0v) is 8.74. The van der Waals surface area contributed by atoms with E-state index in [9.17, 15) is 0 Å². The third-order valence-electron chi connectivity index (χ3n) is 2.40. The Balaban J connectivity index is 2.22. The Morgan fingerprint density at radius 3 is 2.53 bits per heavy atom. The highest BCUT2D eigenvalue weighted by Crippen LogP contribution is 2.25. The topological polar surface area (TPSA) is 25.8 Å². The van der Waals surface area contributed by atoms with E-state index >= 15 is 0 Å². The van der Waals surface area contributed by atoms with Crippen molar-refractivity contribution in [3.05, 3.63) is 47.4 Å². The van der Waals surface area contributed by atoms with Gasteiger partial charge in [-0.15, -0.1) is 0 Å². The van der Waals surface area contributed by atoms with Gasteiger partial charge >= 0.3 is 0 Å². The summed E-state index contributed by atoms with van der Waals surface area (Å²) in [6.45, 7) is 0. The van der Waals surface area contributed by atoms with Crippen LogP contribution in [0.5, 0.6) is 0 Å². The van der Waals surface area contributed by atoms with Crippen LogP contribution in [0.3, 0.4) is 0 Å². The lowest BCUT2D eigenvalue weighted by Gasteiger charge is -2.00. The van der Waals surface area contributed by atoms with Gasteiger partial charge in [-0.3, -0.25) is 0 Å². The zero-order valence-electron chi connectivity index (χ0n) is 7.92. The lowest BCUT2D eigenvalue weighted by atomic mass is 10.1.